The van der Waals surface area contributed by atoms with E-state index >= 15 is 0 Å². The summed E-state index contributed by atoms with van der Waals surface area (Å²) in [6.45, 7) is 0.487. The van der Waals surface area contributed by atoms with Crippen LogP contribution >= 0.6 is 43.5 Å². The highest BCUT2D eigenvalue weighted by molar-refractivity contribution is 9.11. The van der Waals surface area contributed by atoms with E-state index in [9.17, 15) is 0 Å². The Morgan fingerprint density at radius 3 is 2.48 bits per heavy atom. The Kier molecular flexibility index (Phi) is 6.94. The van der Waals surface area contributed by atoms with Gasteiger partial charge in [-0.1, -0.05) is 49.5 Å². The molecule has 0 aliphatic rings. The van der Waals surface area contributed by atoms with Crippen molar-refractivity contribution in [2.75, 3.05) is 7.11 Å². The van der Waals surface area contributed by atoms with Crippen molar-refractivity contribution in [2.45, 2.75) is 6.61 Å². The third-order valence-corrected chi connectivity index (χ3v) is 5.25. The van der Waals surface area contributed by atoms with E-state index in [1.807, 2.05) is 42.5 Å². The second kappa shape index (κ2) is 9.40. The molecule has 6 heteroatoms. The molecule has 3 aromatic carbocycles. The quantitative estimate of drug-likeness (QED) is 0.329. The Morgan fingerprint density at radius 2 is 1.78 bits per heavy atom. The van der Waals surface area contributed by atoms with Gasteiger partial charge in [-0.2, -0.15) is 0 Å². The van der Waals surface area contributed by atoms with Gasteiger partial charge < -0.3 is 9.47 Å². The van der Waals surface area contributed by atoms with E-state index in [4.69, 9.17) is 21.1 Å². The predicted octanol–water partition coefficient (Wildman–Crippen LogP) is 7.20. The molecule has 0 aliphatic heterocycles. The minimum Gasteiger partial charge on any atom is -0.494 e. The Hall–Kier alpha value is -1.82. The van der Waals surface area contributed by atoms with Gasteiger partial charge in [0.05, 0.1) is 7.11 Å². The zero-order valence-corrected chi connectivity index (χ0v) is 18.4. The number of rotatable bonds is 6. The van der Waals surface area contributed by atoms with Gasteiger partial charge in [0, 0.05) is 25.7 Å². The first-order valence-corrected chi connectivity index (χ1v) is 10.1. The van der Waals surface area contributed by atoms with E-state index in [1.54, 1.807) is 31.5 Å². The van der Waals surface area contributed by atoms with Crippen molar-refractivity contribution in [3.05, 3.63) is 85.8 Å². The lowest BCUT2D eigenvalue weighted by atomic mass is 10.2. The summed E-state index contributed by atoms with van der Waals surface area (Å²) in [5.74, 6) is 1.47. The zero-order valence-electron chi connectivity index (χ0n) is 14.5. The Balaban J connectivity index is 1.66. The van der Waals surface area contributed by atoms with Gasteiger partial charge in [-0.15, -0.1) is 0 Å². The predicted molar refractivity (Wildman–Crippen MR) is 118 cm³/mol. The number of nitrogens with zero attached hydrogens (tertiary/aromatic N) is 1. The van der Waals surface area contributed by atoms with Crippen molar-refractivity contribution in [3.8, 4) is 11.5 Å². The lowest BCUT2D eigenvalue weighted by Gasteiger charge is -2.08. The molecule has 0 N–H and O–H groups in total. The van der Waals surface area contributed by atoms with Crippen LogP contribution in [0.15, 0.2) is 74.6 Å². The van der Waals surface area contributed by atoms with Gasteiger partial charge in [-0.05, 0) is 60.2 Å². The number of hydrogen-bond donors (Lipinski definition) is 0. The topological polar surface area (TPSA) is 30.8 Å². The maximum absolute atomic E-state index is 6.03. The molecule has 3 rings (SSSR count). The van der Waals surface area contributed by atoms with Gasteiger partial charge in [0.1, 0.15) is 23.8 Å². The molecule has 3 nitrogen and oxygen atoms in total. The standard InChI is InChI=1S/C21H16Br2ClNO2/c1-26-21-9-6-17(24)11-20(21)25-12-14-2-7-18(8-3-14)27-13-15-4-5-16(22)10-19(15)23/h2-12H,13H2,1H3. The van der Waals surface area contributed by atoms with E-state index in [0.29, 0.717) is 23.1 Å². The van der Waals surface area contributed by atoms with Crippen LogP contribution < -0.4 is 9.47 Å². The van der Waals surface area contributed by atoms with Crippen LogP contribution in [0.4, 0.5) is 5.69 Å². The SMILES string of the molecule is COc1ccc(Cl)cc1N=Cc1ccc(OCc2ccc(Br)cc2Br)cc1. The highest BCUT2D eigenvalue weighted by Gasteiger charge is 2.03. The molecule has 0 saturated heterocycles. The summed E-state index contributed by atoms with van der Waals surface area (Å²) in [6, 6.07) is 19.1. The summed E-state index contributed by atoms with van der Waals surface area (Å²) in [5.41, 5.74) is 2.72. The molecule has 3 aromatic rings. The first-order chi connectivity index (χ1) is 13.0. The van der Waals surface area contributed by atoms with Gasteiger partial charge in [0.25, 0.3) is 0 Å². The van der Waals surface area contributed by atoms with E-state index in [0.717, 1.165) is 25.8 Å². The number of hydrogen-bond acceptors (Lipinski definition) is 3. The maximum atomic E-state index is 6.03. The molecule has 0 atom stereocenters. The smallest absolute Gasteiger partial charge is 0.144 e. The Labute approximate surface area is 180 Å². The first-order valence-electron chi connectivity index (χ1n) is 8.09. The average Bonchev–Trinajstić information content (AvgIpc) is 2.66. The number of halogens is 3. The third-order valence-electron chi connectivity index (χ3n) is 3.78. The molecule has 0 radical (unpaired) electrons. The van der Waals surface area contributed by atoms with E-state index in [1.165, 1.54) is 0 Å². The highest BCUT2D eigenvalue weighted by atomic mass is 79.9. The molecular formula is C21H16Br2ClNO2. The van der Waals surface area contributed by atoms with E-state index in [-0.39, 0.29) is 0 Å². The fourth-order valence-corrected chi connectivity index (χ4v) is 3.69. The van der Waals surface area contributed by atoms with Crippen LogP contribution in [0.25, 0.3) is 0 Å². The van der Waals surface area contributed by atoms with Crippen molar-refractivity contribution in [2.24, 2.45) is 4.99 Å². The Bertz CT molecular complexity index is 959. The molecule has 0 saturated carbocycles. The molecular weight excluding hydrogens is 493 g/mol. The zero-order chi connectivity index (χ0) is 19.2. The van der Waals surface area contributed by atoms with Crippen LogP contribution in [-0.2, 0) is 6.61 Å². The number of benzene rings is 3. The van der Waals surface area contributed by atoms with E-state index < -0.39 is 0 Å². The summed E-state index contributed by atoms with van der Waals surface area (Å²) >= 11 is 13.0. The highest BCUT2D eigenvalue weighted by Crippen LogP contribution is 2.30. The van der Waals surface area contributed by atoms with Crippen LogP contribution in [0.5, 0.6) is 11.5 Å². The van der Waals surface area contributed by atoms with Crippen molar-refractivity contribution in [3.63, 3.8) is 0 Å². The lowest BCUT2D eigenvalue weighted by molar-refractivity contribution is 0.305. The monoisotopic (exact) mass is 507 g/mol. The summed E-state index contributed by atoms with van der Waals surface area (Å²) < 4.78 is 13.2. The van der Waals surface area contributed by atoms with Gasteiger partial charge in [-0.25, -0.2) is 0 Å². The average molecular weight is 510 g/mol. The first kappa shape index (κ1) is 19.9. The summed E-state index contributed by atoms with van der Waals surface area (Å²) in [7, 11) is 1.61. The number of aliphatic imine (C=N–C) groups is 1. The third kappa shape index (κ3) is 5.58. The molecule has 0 fully saturated rings. The largest absolute Gasteiger partial charge is 0.494 e. The van der Waals surface area contributed by atoms with Crippen LogP contribution in [-0.4, -0.2) is 13.3 Å². The van der Waals surface area contributed by atoms with Gasteiger partial charge >= 0.3 is 0 Å². The Morgan fingerprint density at radius 1 is 1.00 bits per heavy atom. The van der Waals surface area contributed by atoms with Crippen LogP contribution in [0.2, 0.25) is 5.02 Å². The molecule has 0 bridgehead atoms. The summed E-state index contributed by atoms with van der Waals surface area (Å²) in [5, 5.41) is 0.616. The molecule has 27 heavy (non-hydrogen) atoms. The normalized spacial score (nSPS) is 11.0. The van der Waals surface area contributed by atoms with Crippen molar-refractivity contribution >= 4 is 55.4 Å². The maximum Gasteiger partial charge on any atom is 0.144 e. The van der Waals surface area contributed by atoms with Crippen molar-refractivity contribution in [1.29, 1.82) is 0 Å². The minimum absolute atomic E-state index is 0.487. The molecule has 0 aliphatic carbocycles. The molecule has 0 heterocycles. The fraction of sp³-hybridized carbons (Fsp3) is 0.0952. The molecule has 0 spiro atoms. The molecule has 0 unspecified atom stereocenters. The number of methoxy groups -OCH3 is 1. The minimum atomic E-state index is 0.487. The van der Waals surface area contributed by atoms with Gasteiger partial charge in [0.2, 0.25) is 0 Å². The second-order valence-electron chi connectivity index (χ2n) is 5.67. The van der Waals surface area contributed by atoms with Gasteiger partial charge in [-0.3, -0.25) is 4.99 Å². The van der Waals surface area contributed by atoms with E-state index in [2.05, 4.69) is 36.9 Å². The number of ether oxygens (including phenoxy) is 2. The van der Waals surface area contributed by atoms with Crippen LogP contribution in [0.1, 0.15) is 11.1 Å². The molecule has 0 aromatic heterocycles. The van der Waals surface area contributed by atoms with Gasteiger partial charge in [0.15, 0.2) is 0 Å². The van der Waals surface area contributed by atoms with Crippen molar-refractivity contribution in [1.82, 2.24) is 0 Å². The van der Waals surface area contributed by atoms with Crippen LogP contribution in [0, 0.1) is 0 Å². The summed E-state index contributed by atoms with van der Waals surface area (Å²) in [4.78, 5) is 4.47. The lowest BCUT2D eigenvalue weighted by Crippen LogP contribution is -1.96. The second-order valence-corrected chi connectivity index (χ2v) is 7.87. The molecule has 138 valence electrons. The van der Waals surface area contributed by atoms with Crippen molar-refractivity contribution < 1.29 is 9.47 Å². The van der Waals surface area contributed by atoms with Crippen LogP contribution in [0.3, 0.4) is 0 Å². The fourth-order valence-electron chi connectivity index (χ4n) is 2.36. The molecule has 0 amide bonds. The summed E-state index contributed by atoms with van der Waals surface area (Å²) in [6.07, 6.45) is 1.77.